The molecule has 0 aliphatic carbocycles. The lowest BCUT2D eigenvalue weighted by Crippen LogP contribution is -2.44. The van der Waals surface area contributed by atoms with E-state index in [-0.39, 0.29) is 17.9 Å². The monoisotopic (exact) mass is 306 g/mol. The topological polar surface area (TPSA) is 61.8 Å². The number of carbonyl (C=O) groups excluding carboxylic acids is 1. The molecule has 1 heterocycles. The van der Waals surface area contributed by atoms with Crippen molar-refractivity contribution < 1.29 is 14.6 Å². The highest BCUT2D eigenvalue weighted by Crippen LogP contribution is 2.34. The van der Waals surface area contributed by atoms with Crippen LogP contribution < -0.4 is 10.1 Å². The van der Waals surface area contributed by atoms with Crippen molar-refractivity contribution in [2.45, 2.75) is 26.2 Å². The number of carbonyl (C=O) groups is 1. The second-order valence-corrected chi connectivity index (χ2v) is 6.07. The minimum atomic E-state index is -0.0127. The number of nitrogens with zero attached hydrogens (tertiary/aromatic N) is 1. The molecule has 2 N–H and O–H groups in total. The van der Waals surface area contributed by atoms with Crippen molar-refractivity contribution in [3.63, 3.8) is 0 Å². The molecule has 0 atom stereocenters. The standard InChI is InChI=1S/C17H26N2O3/c1-3-17(13-20)7-9-19(10-8-17)12-16(21)18-14-5-4-6-15(11-14)22-2/h4-6,11,20H,3,7-10,12-13H2,1-2H3,(H,18,21). The predicted molar refractivity (Wildman–Crippen MR) is 87.1 cm³/mol. The molecule has 0 saturated carbocycles. The molecule has 5 nitrogen and oxygen atoms in total. The summed E-state index contributed by atoms with van der Waals surface area (Å²) >= 11 is 0. The Balaban J connectivity index is 1.83. The van der Waals surface area contributed by atoms with Gasteiger partial charge in [0.05, 0.1) is 13.7 Å². The Bertz CT molecular complexity index is 490. The number of likely N-dealkylation sites (tertiary alicyclic amines) is 1. The maximum atomic E-state index is 12.1. The number of piperidine rings is 1. The van der Waals surface area contributed by atoms with E-state index >= 15 is 0 Å². The zero-order chi connectivity index (χ0) is 16.0. The van der Waals surface area contributed by atoms with E-state index in [0.29, 0.717) is 6.54 Å². The molecule has 22 heavy (non-hydrogen) atoms. The maximum absolute atomic E-state index is 12.1. The van der Waals surface area contributed by atoms with E-state index in [9.17, 15) is 9.90 Å². The fourth-order valence-electron chi connectivity index (χ4n) is 2.91. The number of rotatable bonds is 6. The summed E-state index contributed by atoms with van der Waals surface area (Å²) in [5.74, 6) is 0.715. The molecule has 0 radical (unpaired) electrons. The van der Waals surface area contributed by atoms with Crippen molar-refractivity contribution in [3.05, 3.63) is 24.3 Å². The van der Waals surface area contributed by atoms with Gasteiger partial charge in [0, 0.05) is 18.4 Å². The van der Waals surface area contributed by atoms with Gasteiger partial charge < -0.3 is 15.2 Å². The summed E-state index contributed by atoms with van der Waals surface area (Å²) in [5.41, 5.74) is 0.805. The Hall–Kier alpha value is -1.59. The third kappa shape index (κ3) is 4.21. The summed E-state index contributed by atoms with van der Waals surface area (Å²) in [6.07, 6.45) is 2.90. The molecule has 122 valence electrons. The van der Waals surface area contributed by atoms with E-state index < -0.39 is 0 Å². The number of anilines is 1. The minimum absolute atomic E-state index is 0.0127. The van der Waals surface area contributed by atoms with Crippen LogP contribution in [-0.2, 0) is 4.79 Å². The first-order chi connectivity index (χ1) is 10.6. The predicted octanol–water partition coefficient (Wildman–Crippen LogP) is 2.12. The van der Waals surface area contributed by atoms with Gasteiger partial charge in [-0.3, -0.25) is 9.69 Å². The highest BCUT2D eigenvalue weighted by atomic mass is 16.5. The Labute approximate surface area is 132 Å². The molecule has 1 aliphatic rings. The van der Waals surface area contributed by atoms with Crippen LogP contribution >= 0.6 is 0 Å². The largest absolute Gasteiger partial charge is 0.497 e. The van der Waals surface area contributed by atoms with Crippen LogP contribution in [0.3, 0.4) is 0 Å². The molecule has 5 heteroatoms. The van der Waals surface area contributed by atoms with E-state index in [1.54, 1.807) is 7.11 Å². The molecule has 1 saturated heterocycles. The lowest BCUT2D eigenvalue weighted by atomic mass is 9.77. The molecule has 2 rings (SSSR count). The number of hydrogen-bond acceptors (Lipinski definition) is 4. The van der Waals surface area contributed by atoms with Crippen LogP contribution in [0, 0.1) is 5.41 Å². The number of aliphatic hydroxyl groups excluding tert-OH is 1. The van der Waals surface area contributed by atoms with Gasteiger partial charge in [0.25, 0.3) is 0 Å². The SMILES string of the molecule is CCC1(CO)CCN(CC(=O)Nc2cccc(OC)c2)CC1. The van der Waals surface area contributed by atoms with E-state index in [1.807, 2.05) is 24.3 Å². The Morgan fingerprint density at radius 3 is 2.73 bits per heavy atom. The zero-order valence-electron chi connectivity index (χ0n) is 13.5. The van der Waals surface area contributed by atoms with Gasteiger partial charge in [-0.15, -0.1) is 0 Å². The Morgan fingerprint density at radius 1 is 1.41 bits per heavy atom. The number of amides is 1. The molecule has 1 fully saturated rings. The van der Waals surface area contributed by atoms with Crippen molar-refractivity contribution in [2.75, 3.05) is 38.7 Å². The maximum Gasteiger partial charge on any atom is 0.238 e. The summed E-state index contributed by atoms with van der Waals surface area (Å²) in [7, 11) is 1.61. The second-order valence-electron chi connectivity index (χ2n) is 6.07. The first kappa shape index (κ1) is 16.8. The van der Waals surface area contributed by atoms with Crippen LogP contribution in [0.2, 0.25) is 0 Å². The smallest absolute Gasteiger partial charge is 0.238 e. The van der Waals surface area contributed by atoms with Crippen LogP contribution in [0.5, 0.6) is 5.75 Å². The van der Waals surface area contributed by atoms with Crippen LogP contribution in [0.15, 0.2) is 24.3 Å². The van der Waals surface area contributed by atoms with Gasteiger partial charge in [0.15, 0.2) is 0 Å². The van der Waals surface area contributed by atoms with Crippen LogP contribution in [0.4, 0.5) is 5.69 Å². The number of aliphatic hydroxyl groups is 1. The van der Waals surface area contributed by atoms with Crippen molar-refractivity contribution in [1.82, 2.24) is 4.90 Å². The molecule has 0 unspecified atom stereocenters. The van der Waals surface area contributed by atoms with E-state index in [4.69, 9.17) is 4.74 Å². The lowest BCUT2D eigenvalue weighted by molar-refractivity contribution is -0.118. The van der Waals surface area contributed by atoms with Crippen molar-refractivity contribution in [3.8, 4) is 5.75 Å². The second kappa shape index (κ2) is 7.61. The molecule has 1 aromatic rings. The third-order valence-electron chi connectivity index (χ3n) is 4.72. The molecule has 1 aliphatic heterocycles. The van der Waals surface area contributed by atoms with Gasteiger partial charge in [0.2, 0.25) is 5.91 Å². The van der Waals surface area contributed by atoms with E-state index in [0.717, 1.165) is 43.8 Å². The number of nitrogens with one attached hydrogen (secondary N) is 1. The van der Waals surface area contributed by atoms with Gasteiger partial charge in [0.1, 0.15) is 5.75 Å². The zero-order valence-corrected chi connectivity index (χ0v) is 13.5. The third-order valence-corrected chi connectivity index (χ3v) is 4.72. The highest BCUT2D eigenvalue weighted by Gasteiger charge is 2.32. The summed E-state index contributed by atoms with van der Waals surface area (Å²) in [6.45, 7) is 4.48. The lowest BCUT2D eigenvalue weighted by Gasteiger charge is -2.39. The molecule has 0 bridgehead atoms. The Morgan fingerprint density at radius 2 is 2.14 bits per heavy atom. The molecule has 1 amide bonds. The first-order valence-corrected chi connectivity index (χ1v) is 7.88. The Kier molecular flexibility index (Phi) is 5.80. The van der Waals surface area contributed by atoms with Crippen molar-refractivity contribution in [1.29, 1.82) is 0 Å². The van der Waals surface area contributed by atoms with Gasteiger partial charge in [-0.05, 0) is 49.9 Å². The highest BCUT2D eigenvalue weighted by molar-refractivity contribution is 5.92. The van der Waals surface area contributed by atoms with Crippen LogP contribution in [0.1, 0.15) is 26.2 Å². The summed E-state index contributed by atoms with van der Waals surface area (Å²) < 4.78 is 5.15. The number of hydrogen-bond donors (Lipinski definition) is 2. The first-order valence-electron chi connectivity index (χ1n) is 7.88. The summed E-state index contributed by atoms with van der Waals surface area (Å²) in [4.78, 5) is 14.3. The van der Waals surface area contributed by atoms with Crippen LogP contribution in [-0.4, -0.2) is 49.3 Å². The van der Waals surface area contributed by atoms with Crippen molar-refractivity contribution in [2.24, 2.45) is 5.41 Å². The number of methoxy groups -OCH3 is 1. The number of ether oxygens (including phenoxy) is 1. The average Bonchev–Trinajstić information content (AvgIpc) is 2.56. The summed E-state index contributed by atoms with van der Waals surface area (Å²) in [5, 5.41) is 12.4. The quantitative estimate of drug-likeness (QED) is 0.845. The van der Waals surface area contributed by atoms with Crippen molar-refractivity contribution >= 4 is 11.6 Å². The molecule has 0 aromatic heterocycles. The van der Waals surface area contributed by atoms with E-state index in [2.05, 4.69) is 17.1 Å². The van der Waals surface area contributed by atoms with Crippen LogP contribution in [0.25, 0.3) is 0 Å². The minimum Gasteiger partial charge on any atom is -0.497 e. The fraction of sp³-hybridized carbons (Fsp3) is 0.588. The summed E-state index contributed by atoms with van der Waals surface area (Å²) in [6, 6.07) is 7.36. The number of benzene rings is 1. The van der Waals surface area contributed by atoms with Gasteiger partial charge in [-0.2, -0.15) is 0 Å². The molecular formula is C17H26N2O3. The van der Waals surface area contributed by atoms with Gasteiger partial charge in [-0.25, -0.2) is 0 Å². The molecular weight excluding hydrogens is 280 g/mol. The van der Waals surface area contributed by atoms with Gasteiger partial charge >= 0.3 is 0 Å². The fourth-order valence-corrected chi connectivity index (χ4v) is 2.91. The molecule has 0 spiro atoms. The van der Waals surface area contributed by atoms with E-state index in [1.165, 1.54) is 0 Å². The average molecular weight is 306 g/mol. The normalized spacial score (nSPS) is 18.0. The molecule has 1 aromatic carbocycles. The van der Waals surface area contributed by atoms with Gasteiger partial charge in [-0.1, -0.05) is 13.0 Å².